The molecule has 0 aromatic carbocycles. The first kappa shape index (κ1) is 15.2. The summed E-state index contributed by atoms with van der Waals surface area (Å²) in [4.78, 5) is 8.95. The van der Waals surface area contributed by atoms with Crippen LogP contribution in [0.1, 0.15) is 25.3 Å². The van der Waals surface area contributed by atoms with Gasteiger partial charge in [-0.25, -0.2) is 9.37 Å². The van der Waals surface area contributed by atoms with E-state index < -0.39 is 0 Å². The minimum atomic E-state index is -0.275. The van der Waals surface area contributed by atoms with E-state index in [4.69, 9.17) is 0 Å². The molecule has 0 spiro atoms. The van der Waals surface area contributed by atoms with Crippen molar-refractivity contribution in [2.75, 3.05) is 38.6 Å². The third kappa shape index (κ3) is 3.46. The van der Waals surface area contributed by atoms with E-state index >= 15 is 0 Å². The number of pyridine rings is 1. The lowest BCUT2D eigenvalue weighted by Gasteiger charge is -2.29. The minimum Gasteiger partial charge on any atom is -0.358 e. The summed E-state index contributed by atoms with van der Waals surface area (Å²) >= 11 is 0. The van der Waals surface area contributed by atoms with Crippen LogP contribution in [0.3, 0.4) is 0 Å². The number of likely N-dealkylation sites (N-methyl/N-ethyl adjacent to an activating group) is 2. The Hall–Kier alpha value is -1.20. The van der Waals surface area contributed by atoms with Crippen LogP contribution in [0, 0.1) is 5.82 Å². The summed E-state index contributed by atoms with van der Waals surface area (Å²) in [6.07, 6.45) is 3.81. The molecule has 1 atom stereocenters. The molecule has 1 saturated heterocycles. The van der Waals surface area contributed by atoms with Crippen molar-refractivity contribution in [1.82, 2.24) is 15.2 Å². The van der Waals surface area contributed by atoms with Gasteiger partial charge in [0.2, 0.25) is 0 Å². The maximum absolute atomic E-state index is 13.3. The predicted octanol–water partition coefficient (Wildman–Crippen LogP) is 1.86. The van der Waals surface area contributed by atoms with E-state index in [2.05, 4.69) is 27.0 Å². The van der Waals surface area contributed by atoms with E-state index in [9.17, 15) is 4.39 Å². The molecule has 20 heavy (non-hydrogen) atoms. The second kappa shape index (κ2) is 6.99. The van der Waals surface area contributed by atoms with E-state index in [1.807, 2.05) is 14.1 Å². The Labute approximate surface area is 121 Å². The van der Waals surface area contributed by atoms with Crippen molar-refractivity contribution in [1.29, 1.82) is 0 Å². The zero-order chi connectivity index (χ0) is 14.5. The van der Waals surface area contributed by atoms with Gasteiger partial charge in [-0.15, -0.1) is 0 Å². The normalized spacial score (nSPS) is 19.5. The van der Waals surface area contributed by atoms with Crippen LogP contribution in [-0.2, 0) is 6.54 Å². The molecule has 0 saturated carbocycles. The number of nitrogens with one attached hydrogen (secondary N) is 1. The highest BCUT2D eigenvalue weighted by atomic mass is 19.1. The molecular weight excluding hydrogens is 255 g/mol. The van der Waals surface area contributed by atoms with Gasteiger partial charge in [0.1, 0.15) is 11.6 Å². The van der Waals surface area contributed by atoms with Crippen molar-refractivity contribution in [3.8, 4) is 0 Å². The van der Waals surface area contributed by atoms with Crippen LogP contribution in [0.15, 0.2) is 12.3 Å². The SMILES string of the molecule is CCN1CCCC1CN(C)c1ncc(F)cc1CNC. The molecule has 112 valence electrons. The number of anilines is 1. The summed E-state index contributed by atoms with van der Waals surface area (Å²) in [5, 5.41) is 3.08. The molecule has 0 amide bonds. The molecular formula is C15H25FN4. The van der Waals surface area contributed by atoms with Crippen LogP contribution < -0.4 is 10.2 Å². The first-order valence-corrected chi connectivity index (χ1v) is 7.40. The Morgan fingerprint density at radius 2 is 2.35 bits per heavy atom. The van der Waals surface area contributed by atoms with Crippen molar-refractivity contribution in [2.24, 2.45) is 0 Å². The lowest BCUT2D eigenvalue weighted by Crippen LogP contribution is -2.39. The van der Waals surface area contributed by atoms with Gasteiger partial charge < -0.3 is 10.2 Å². The zero-order valence-electron chi connectivity index (χ0n) is 12.7. The third-order valence-electron chi connectivity index (χ3n) is 4.03. The van der Waals surface area contributed by atoms with Crippen molar-refractivity contribution >= 4 is 5.82 Å². The molecule has 1 aliphatic rings. The Morgan fingerprint density at radius 1 is 1.55 bits per heavy atom. The molecule has 1 N–H and O–H groups in total. The van der Waals surface area contributed by atoms with E-state index in [1.165, 1.54) is 25.6 Å². The predicted molar refractivity (Wildman–Crippen MR) is 80.5 cm³/mol. The van der Waals surface area contributed by atoms with Gasteiger partial charge in [0.05, 0.1) is 6.20 Å². The van der Waals surface area contributed by atoms with Crippen LogP contribution in [0.2, 0.25) is 0 Å². The van der Waals surface area contributed by atoms with Crippen LogP contribution in [-0.4, -0.2) is 49.7 Å². The average Bonchev–Trinajstić information content (AvgIpc) is 2.86. The van der Waals surface area contributed by atoms with Gasteiger partial charge in [-0.3, -0.25) is 4.90 Å². The van der Waals surface area contributed by atoms with Gasteiger partial charge in [-0.1, -0.05) is 6.92 Å². The fraction of sp³-hybridized carbons (Fsp3) is 0.667. The molecule has 2 heterocycles. The van der Waals surface area contributed by atoms with Crippen molar-refractivity contribution in [3.05, 3.63) is 23.6 Å². The van der Waals surface area contributed by atoms with Crippen molar-refractivity contribution < 1.29 is 4.39 Å². The Balaban J connectivity index is 2.10. The summed E-state index contributed by atoms with van der Waals surface area (Å²) < 4.78 is 13.3. The standard InChI is InChI=1S/C15H25FN4/c1-4-20-7-5-6-14(20)11-19(3)15-12(9-17-2)8-13(16)10-18-15/h8,10,14,17H,4-7,9,11H2,1-3H3. The molecule has 1 aliphatic heterocycles. The quantitative estimate of drug-likeness (QED) is 0.862. The molecule has 0 bridgehead atoms. The highest BCUT2D eigenvalue weighted by molar-refractivity contribution is 5.46. The first-order valence-electron chi connectivity index (χ1n) is 7.40. The number of likely N-dealkylation sites (tertiary alicyclic amines) is 1. The smallest absolute Gasteiger partial charge is 0.141 e. The van der Waals surface area contributed by atoms with Gasteiger partial charge in [-0.2, -0.15) is 0 Å². The maximum Gasteiger partial charge on any atom is 0.141 e. The van der Waals surface area contributed by atoms with Gasteiger partial charge in [-0.05, 0) is 39.0 Å². The van der Waals surface area contributed by atoms with E-state index in [0.29, 0.717) is 12.6 Å². The second-order valence-corrected chi connectivity index (χ2v) is 5.47. The summed E-state index contributed by atoms with van der Waals surface area (Å²) in [5.74, 6) is 0.604. The van der Waals surface area contributed by atoms with Gasteiger partial charge in [0.25, 0.3) is 0 Å². The van der Waals surface area contributed by atoms with Gasteiger partial charge >= 0.3 is 0 Å². The molecule has 1 aromatic rings. The molecule has 0 radical (unpaired) electrons. The Morgan fingerprint density at radius 3 is 3.05 bits per heavy atom. The van der Waals surface area contributed by atoms with Crippen LogP contribution in [0.5, 0.6) is 0 Å². The monoisotopic (exact) mass is 280 g/mol. The minimum absolute atomic E-state index is 0.275. The molecule has 1 aromatic heterocycles. The molecule has 1 unspecified atom stereocenters. The van der Waals surface area contributed by atoms with E-state index in [1.54, 1.807) is 6.07 Å². The lowest BCUT2D eigenvalue weighted by atomic mass is 10.2. The molecule has 2 rings (SSSR count). The van der Waals surface area contributed by atoms with E-state index in [-0.39, 0.29) is 5.82 Å². The van der Waals surface area contributed by atoms with Crippen LogP contribution in [0.25, 0.3) is 0 Å². The van der Waals surface area contributed by atoms with Crippen molar-refractivity contribution in [2.45, 2.75) is 32.4 Å². The molecule has 5 heteroatoms. The topological polar surface area (TPSA) is 31.4 Å². The van der Waals surface area contributed by atoms with Gasteiger partial charge in [0, 0.05) is 31.7 Å². The first-order chi connectivity index (χ1) is 9.65. The molecule has 1 fully saturated rings. The van der Waals surface area contributed by atoms with Crippen molar-refractivity contribution in [3.63, 3.8) is 0 Å². The fourth-order valence-electron chi connectivity index (χ4n) is 3.06. The number of aromatic nitrogens is 1. The van der Waals surface area contributed by atoms with Gasteiger partial charge in [0.15, 0.2) is 0 Å². The summed E-state index contributed by atoms with van der Waals surface area (Å²) in [5.41, 5.74) is 0.913. The lowest BCUT2D eigenvalue weighted by molar-refractivity contribution is 0.270. The highest BCUT2D eigenvalue weighted by Gasteiger charge is 2.25. The number of halogens is 1. The summed E-state index contributed by atoms with van der Waals surface area (Å²) in [6.45, 7) is 6.07. The highest BCUT2D eigenvalue weighted by Crippen LogP contribution is 2.22. The zero-order valence-corrected chi connectivity index (χ0v) is 12.7. The average molecular weight is 280 g/mol. The fourth-order valence-corrected chi connectivity index (χ4v) is 3.06. The number of rotatable bonds is 6. The summed E-state index contributed by atoms with van der Waals surface area (Å²) in [7, 11) is 3.91. The Bertz CT molecular complexity index is 438. The second-order valence-electron chi connectivity index (χ2n) is 5.47. The van der Waals surface area contributed by atoms with Crippen LogP contribution >= 0.6 is 0 Å². The summed E-state index contributed by atoms with van der Waals surface area (Å²) in [6, 6.07) is 2.15. The largest absolute Gasteiger partial charge is 0.358 e. The van der Waals surface area contributed by atoms with E-state index in [0.717, 1.165) is 24.5 Å². The van der Waals surface area contributed by atoms with Crippen LogP contribution in [0.4, 0.5) is 10.2 Å². The number of hydrogen-bond acceptors (Lipinski definition) is 4. The number of hydrogen-bond donors (Lipinski definition) is 1. The molecule has 0 aliphatic carbocycles. The third-order valence-corrected chi connectivity index (χ3v) is 4.03. The maximum atomic E-state index is 13.3. The molecule has 4 nitrogen and oxygen atoms in total. The number of nitrogens with zero attached hydrogens (tertiary/aromatic N) is 3. The Kier molecular flexibility index (Phi) is 5.31.